The highest BCUT2D eigenvalue weighted by Crippen LogP contribution is 2.55. The first-order valence-corrected chi connectivity index (χ1v) is 9.26. The third-order valence-corrected chi connectivity index (χ3v) is 6.58. The van der Waals surface area contributed by atoms with Gasteiger partial charge in [-0.25, -0.2) is 0 Å². The maximum absolute atomic E-state index is 6.09. The molecule has 2 aliphatic rings. The zero-order chi connectivity index (χ0) is 13.7. The number of rotatable bonds is 5. The first-order valence-electron chi connectivity index (χ1n) is 6.64. The predicted molar refractivity (Wildman–Crippen MR) is 84.9 cm³/mol. The number of hydrogen-bond donors (Lipinski definition) is 0. The molecule has 2 aliphatic carbocycles. The van der Waals surface area contributed by atoms with Crippen LogP contribution in [-0.4, -0.2) is 24.9 Å². The van der Waals surface area contributed by atoms with E-state index in [4.69, 9.17) is 23.2 Å². The van der Waals surface area contributed by atoms with Gasteiger partial charge in [0.15, 0.2) is 11.0 Å². The lowest BCUT2D eigenvalue weighted by Crippen LogP contribution is -2.00. The Morgan fingerprint density at radius 3 is 2.80 bits per heavy atom. The summed E-state index contributed by atoms with van der Waals surface area (Å²) in [6.07, 6.45) is 3.34. The van der Waals surface area contributed by atoms with E-state index in [2.05, 4.69) is 32.3 Å². The molecule has 0 saturated heterocycles. The molecule has 0 aromatic carbocycles. The number of halogens is 2. The number of thiophene rings is 1. The molecule has 0 unspecified atom stereocenters. The average molecular weight is 346 g/mol. The van der Waals surface area contributed by atoms with Gasteiger partial charge in [-0.05, 0) is 30.7 Å². The largest absolute Gasteiger partial charge is 0.298 e. The van der Waals surface area contributed by atoms with Crippen LogP contribution < -0.4 is 0 Å². The zero-order valence-corrected chi connectivity index (χ0v) is 13.8. The summed E-state index contributed by atoms with van der Waals surface area (Å²) in [6.45, 7) is 0. The summed E-state index contributed by atoms with van der Waals surface area (Å²) in [5.41, 5.74) is 0. The fourth-order valence-corrected chi connectivity index (χ4v) is 4.88. The van der Waals surface area contributed by atoms with Crippen LogP contribution in [-0.2, 0) is 0 Å². The normalized spacial score (nSPS) is 24.0. The summed E-state index contributed by atoms with van der Waals surface area (Å²) in [6, 6.07) is 4.73. The van der Waals surface area contributed by atoms with Crippen molar-refractivity contribution in [3.05, 3.63) is 17.5 Å². The van der Waals surface area contributed by atoms with Crippen LogP contribution in [0.2, 0.25) is 0 Å². The first-order chi connectivity index (χ1) is 9.65. The van der Waals surface area contributed by atoms with E-state index < -0.39 is 4.33 Å². The Labute approximate surface area is 135 Å². The Bertz CT molecular complexity index is 620. The number of aromatic nitrogens is 3. The van der Waals surface area contributed by atoms with E-state index in [-0.39, 0.29) is 0 Å². The number of nitrogens with zero attached hydrogens (tertiary/aromatic N) is 3. The molecule has 0 bridgehead atoms. The Hall–Kier alpha value is -0.230. The molecule has 7 heteroatoms. The van der Waals surface area contributed by atoms with E-state index in [1.165, 1.54) is 17.7 Å². The molecule has 106 valence electrons. The highest BCUT2D eigenvalue weighted by molar-refractivity contribution is 7.99. The maximum atomic E-state index is 6.09. The van der Waals surface area contributed by atoms with Gasteiger partial charge < -0.3 is 0 Å². The molecule has 2 fully saturated rings. The minimum absolute atomic E-state index is 0.380. The molecule has 0 spiro atoms. The van der Waals surface area contributed by atoms with E-state index in [1.807, 2.05) is 0 Å². The van der Waals surface area contributed by atoms with Crippen LogP contribution in [0.4, 0.5) is 0 Å². The summed E-state index contributed by atoms with van der Waals surface area (Å²) in [5.74, 6) is 2.30. The lowest BCUT2D eigenvalue weighted by atomic mass is 10.4. The van der Waals surface area contributed by atoms with Crippen LogP contribution in [0, 0.1) is 5.92 Å². The summed E-state index contributed by atoms with van der Waals surface area (Å²) >= 11 is 15.6. The van der Waals surface area contributed by atoms with Crippen LogP contribution in [0.15, 0.2) is 22.7 Å². The SMILES string of the molecule is ClC1(Cl)C[C@H]1CSc1nnc(-c2cccs2)n1C1CC1. The van der Waals surface area contributed by atoms with Crippen LogP contribution in [0.5, 0.6) is 0 Å². The van der Waals surface area contributed by atoms with Gasteiger partial charge in [-0.2, -0.15) is 0 Å². The van der Waals surface area contributed by atoms with E-state index in [0.29, 0.717) is 12.0 Å². The Balaban J connectivity index is 1.57. The smallest absolute Gasteiger partial charge is 0.191 e. The second kappa shape index (κ2) is 4.90. The van der Waals surface area contributed by atoms with Crippen LogP contribution in [0.25, 0.3) is 10.7 Å². The van der Waals surface area contributed by atoms with Crippen molar-refractivity contribution in [3.8, 4) is 10.7 Å². The molecule has 20 heavy (non-hydrogen) atoms. The summed E-state index contributed by atoms with van der Waals surface area (Å²) in [7, 11) is 0. The van der Waals surface area contributed by atoms with Crippen molar-refractivity contribution in [2.75, 3.05) is 5.75 Å². The minimum atomic E-state index is -0.506. The fraction of sp³-hybridized carbons (Fsp3) is 0.538. The summed E-state index contributed by atoms with van der Waals surface area (Å²) in [4.78, 5) is 1.19. The van der Waals surface area contributed by atoms with Crippen molar-refractivity contribution in [3.63, 3.8) is 0 Å². The molecule has 0 aliphatic heterocycles. The molecule has 2 aromatic heterocycles. The van der Waals surface area contributed by atoms with Crippen molar-refractivity contribution in [2.45, 2.75) is 34.8 Å². The zero-order valence-electron chi connectivity index (χ0n) is 10.6. The molecule has 4 rings (SSSR count). The molecule has 3 nitrogen and oxygen atoms in total. The van der Waals surface area contributed by atoms with Crippen LogP contribution in [0.1, 0.15) is 25.3 Å². The second-order valence-corrected chi connectivity index (χ2v) is 8.83. The molecule has 2 heterocycles. The summed E-state index contributed by atoms with van der Waals surface area (Å²) in [5, 5.41) is 11.9. The molecular formula is C13H13Cl2N3S2. The molecule has 0 amide bonds. The monoisotopic (exact) mass is 345 g/mol. The van der Waals surface area contributed by atoms with Gasteiger partial charge in [-0.1, -0.05) is 17.8 Å². The topological polar surface area (TPSA) is 30.7 Å². The van der Waals surface area contributed by atoms with Gasteiger partial charge in [-0.15, -0.1) is 44.7 Å². The van der Waals surface area contributed by atoms with E-state index in [0.717, 1.165) is 23.2 Å². The molecule has 2 saturated carbocycles. The Morgan fingerprint density at radius 1 is 1.40 bits per heavy atom. The number of hydrogen-bond acceptors (Lipinski definition) is 4. The standard InChI is InChI=1S/C13H13Cl2N3S2/c14-13(15)6-8(13)7-20-12-17-16-11(10-2-1-5-19-10)18(12)9-3-4-9/h1-2,5,8-9H,3-4,6-7H2/t8-/m0/s1. The van der Waals surface area contributed by atoms with Gasteiger partial charge in [-0.3, -0.25) is 4.57 Å². The second-order valence-electron chi connectivity index (χ2n) is 5.36. The Kier molecular flexibility index (Phi) is 3.29. The lowest BCUT2D eigenvalue weighted by molar-refractivity contribution is 0.669. The van der Waals surface area contributed by atoms with Gasteiger partial charge in [0, 0.05) is 17.7 Å². The van der Waals surface area contributed by atoms with E-state index in [1.54, 1.807) is 23.1 Å². The number of alkyl halides is 2. The van der Waals surface area contributed by atoms with Gasteiger partial charge in [0.05, 0.1) is 4.88 Å². The van der Waals surface area contributed by atoms with Crippen molar-refractivity contribution in [2.24, 2.45) is 5.92 Å². The molecule has 2 aromatic rings. The van der Waals surface area contributed by atoms with E-state index >= 15 is 0 Å². The van der Waals surface area contributed by atoms with Crippen molar-refractivity contribution in [1.29, 1.82) is 0 Å². The molecule has 0 N–H and O–H groups in total. The Morgan fingerprint density at radius 2 is 2.20 bits per heavy atom. The van der Waals surface area contributed by atoms with Gasteiger partial charge in [0.1, 0.15) is 4.33 Å². The van der Waals surface area contributed by atoms with Crippen LogP contribution in [0.3, 0.4) is 0 Å². The van der Waals surface area contributed by atoms with Crippen LogP contribution >= 0.6 is 46.3 Å². The van der Waals surface area contributed by atoms with Gasteiger partial charge in [0.25, 0.3) is 0 Å². The quantitative estimate of drug-likeness (QED) is 0.584. The van der Waals surface area contributed by atoms with E-state index in [9.17, 15) is 0 Å². The molecule has 0 radical (unpaired) electrons. The molecular weight excluding hydrogens is 333 g/mol. The summed E-state index contributed by atoms with van der Waals surface area (Å²) < 4.78 is 1.79. The first kappa shape index (κ1) is 13.4. The molecule has 1 atom stereocenters. The predicted octanol–water partition coefficient (Wildman–Crippen LogP) is 4.63. The van der Waals surface area contributed by atoms with Crippen molar-refractivity contribution in [1.82, 2.24) is 14.8 Å². The van der Waals surface area contributed by atoms with Crippen molar-refractivity contribution >= 4 is 46.3 Å². The highest BCUT2D eigenvalue weighted by atomic mass is 35.5. The lowest BCUT2D eigenvalue weighted by Gasteiger charge is -2.07. The maximum Gasteiger partial charge on any atom is 0.191 e. The van der Waals surface area contributed by atoms with Gasteiger partial charge >= 0.3 is 0 Å². The highest BCUT2D eigenvalue weighted by Gasteiger charge is 2.51. The average Bonchev–Trinajstić information content (AvgIpc) is 3.20. The van der Waals surface area contributed by atoms with Gasteiger partial charge in [0.2, 0.25) is 0 Å². The fourth-order valence-electron chi connectivity index (χ4n) is 2.24. The third kappa shape index (κ3) is 2.49. The third-order valence-electron chi connectivity index (χ3n) is 3.69. The van der Waals surface area contributed by atoms with Crippen molar-refractivity contribution < 1.29 is 0 Å². The minimum Gasteiger partial charge on any atom is -0.298 e. The number of thioether (sulfide) groups is 1.